The van der Waals surface area contributed by atoms with Crippen molar-refractivity contribution in [3.8, 4) is 0 Å². The van der Waals surface area contributed by atoms with Gasteiger partial charge in [-0.3, -0.25) is 0 Å². The Labute approximate surface area is 107 Å². The normalized spacial score (nSPS) is 41.5. The van der Waals surface area contributed by atoms with E-state index < -0.39 is 10.0 Å². The van der Waals surface area contributed by atoms with E-state index in [0.29, 0.717) is 5.92 Å². The summed E-state index contributed by atoms with van der Waals surface area (Å²) in [5, 5.41) is 0. The molecule has 0 amide bonds. The molecule has 0 aromatic carbocycles. The van der Waals surface area contributed by atoms with Gasteiger partial charge in [-0.15, -0.1) is 0 Å². The summed E-state index contributed by atoms with van der Waals surface area (Å²) in [7, 11) is -3.17. The molecule has 5 heteroatoms. The first-order chi connectivity index (χ1) is 7.21. The summed E-state index contributed by atoms with van der Waals surface area (Å²) >= 11 is 3.04. The smallest absolute Gasteiger partial charge is 0.212 e. The molecule has 0 aromatic rings. The van der Waals surface area contributed by atoms with E-state index in [2.05, 4.69) is 41.4 Å². The minimum Gasteiger partial charge on any atom is -0.212 e. The van der Waals surface area contributed by atoms with Crippen LogP contribution in [0.5, 0.6) is 0 Å². The maximum atomic E-state index is 11.7. The third kappa shape index (κ3) is 1.85. The summed E-state index contributed by atoms with van der Waals surface area (Å²) in [5.74, 6) is 0.667. The van der Waals surface area contributed by atoms with Gasteiger partial charge in [0.15, 0.2) is 0 Å². The molecule has 2 rings (SSSR count). The van der Waals surface area contributed by atoms with E-state index in [1.165, 1.54) is 6.42 Å². The molecule has 2 aliphatic rings. The second-order valence-corrected chi connectivity index (χ2v) is 9.25. The molecule has 16 heavy (non-hydrogen) atoms. The lowest BCUT2D eigenvalue weighted by Crippen LogP contribution is -2.52. The highest BCUT2D eigenvalue weighted by atomic mass is 79.9. The molecule has 2 saturated carbocycles. The van der Waals surface area contributed by atoms with Crippen molar-refractivity contribution in [2.45, 2.75) is 46.1 Å². The average Bonchev–Trinajstić information content (AvgIpc) is 2.64. The highest BCUT2D eigenvalue weighted by Gasteiger charge is 2.60. The van der Waals surface area contributed by atoms with Crippen LogP contribution in [0.25, 0.3) is 0 Å². The van der Waals surface area contributed by atoms with Gasteiger partial charge in [0.2, 0.25) is 10.0 Å². The Morgan fingerprint density at radius 2 is 2.00 bits per heavy atom. The molecule has 2 bridgehead atoms. The van der Waals surface area contributed by atoms with E-state index in [0.717, 1.165) is 12.8 Å². The van der Waals surface area contributed by atoms with Crippen LogP contribution >= 0.6 is 15.9 Å². The molecule has 3 atom stereocenters. The maximum Gasteiger partial charge on any atom is 0.221 e. The number of alkyl halides is 1. The fraction of sp³-hybridized carbons (Fsp3) is 1.00. The molecule has 0 aliphatic heterocycles. The van der Waals surface area contributed by atoms with Gasteiger partial charge in [0.25, 0.3) is 0 Å². The first kappa shape index (κ1) is 12.8. The monoisotopic (exact) mass is 309 g/mol. The largest absolute Gasteiger partial charge is 0.221 e. The average molecular weight is 310 g/mol. The fourth-order valence-corrected chi connectivity index (χ4v) is 5.21. The Balaban J connectivity index is 2.27. The quantitative estimate of drug-likeness (QED) is 0.814. The Hall–Kier alpha value is 0.390. The topological polar surface area (TPSA) is 46.2 Å². The summed E-state index contributed by atoms with van der Waals surface area (Å²) in [6.45, 7) is 6.62. The zero-order chi connectivity index (χ0) is 12.2. The lowest BCUT2D eigenvalue weighted by atomic mass is 9.69. The van der Waals surface area contributed by atoms with Crippen LogP contribution in [-0.2, 0) is 10.0 Å². The van der Waals surface area contributed by atoms with E-state index in [1.54, 1.807) is 0 Å². The first-order valence-corrected chi connectivity index (χ1v) is 8.55. The van der Waals surface area contributed by atoms with Crippen molar-refractivity contribution in [2.75, 3.05) is 4.66 Å². The predicted octanol–water partition coefficient (Wildman–Crippen LogP) is 2.47. The van der Waals surface area contributed by atoms with Crippen LogP contribution in [0.2, 0.25) is 0 Å². The number of halogens is 1. The molecule has 2 fully saturated rings. The zero-order valence-corrected chi connectivity index (χ0v) is 12.5. The van der Waals surface area contributed by atoms with Crippen LogP contribution < -0.4 is 4.72 Å². The lowest BCUT2D eigenvalue weighted by molar-refractivity contribution is 0.128. The standard InChI is InChI=1S/C11H20BrNO2S/c1-10(2)8-4-5-11(3,6-8)9(10)13-16(14,15)7-12/h8-9,13H,4-7H2,1-3H3. The van der Waals surface area contributed by atoms with Gasteiger partial charge in [-0.2, -0.15) is 0 Å². The van der Waals surface area contributed by atoms with Crippen molar-refractivity contribution in [1.82, 2.24) is 4.72 Å². The van der Waals surface area contributed by atoms with Crippen molar-refractivity contribution in [3.63, 3.8) is 0 Å². The third-order valence-electron chi connectivity index (χ3n) is 4.71. The molecule has 2 aliphatic carbocycles. The molecule has 3 unspecified atom stereocenters. The van der Waals surface area contributed by atoms with Crippen molar-refractivity contribution in [3.05, 3.63) is 0 Å². The van der Waals surface area contributed by atoms with E-state index in [1.807, 2.05) is 0 Å². The number of rotatable bonds is 3. The molecule has 94 valence electrons. The van der Waals surface area contributed by atoms with Crippen molar-refractivity contribution >= 4 is 26.0 Å². The summed E-state index contributed by atoms with van der Waals surface area (Å²) in [6.07, 6.45) is 3.56. The number of nitrogens with one attached hydrogen (secondary N) is 1. The van der Waals surface area contributed by atoms with Gasteiger partial charge < -0.3 is 0 Å². The minimum absolute atomic E-state index is 0.00662. The fourth-order valence-electron chi connectivity index (χ4n) is 3.81. The summed E-state index contributed by atoms with van der Waals surface area (Å²) in [6, 6.07) is 0.0845. The Morgan fingerprint density at radius 1 is 1.38 bits per heavy atom. The van der Waals surface area contributed by atoms with E-state index in [4.69, 9.17) is 0 Å². The number of sulfonamides is 1. The molecular weight excluding hydrogens is 290 g/mol. The Kier molecular flexibility index (Phi) is 2.96. The highest BCUT2D eigenvalue weighted by molar-refractivity contribution is 9.10. The summed E-state index contributed by atoms with van der Waals surface area (Å²) in [4.78, 5) is 0. The van der Waals surface area contributed by atoms with Crippen LogP contribution in [0.15, 0.2) is 0 Å². The molecular formula is C11H20BrNO2S. The van der Waals surface area contributed by atoms with E-state index in [-0.39, 0.29) is 21.5 Å². The Morgan fingerprint density at radius 3 is 2.44 bits per heavy atom. The van der Waals surface area contributed by atoms with Gasteiger partial charge >= 0.3 is 0 Å². The highest BCUT2D eigenvalue weighted by Crippen LogP contribution is 2.62. The van der Waals surface area contributed by atoms with Gasteiger partial charge in [-0.1, -0.05) is 36.7 Å². The zero-order valence-electron chi connectivity index (χ0n) is 10.1. The van der Waals surface area contributed by atoms with Crippen molar-refractivity contribution in [2.24, 2.45) is 16.7 Å². The van der Waals surface area contributed by atoms with Crippen molar-refractivity contribution in [1.29, 1.82) is 0 Å². The van der Waals surface area contributed by atoms with Gasteiger partial charge in [0.05, 0.1) is 0 Å². The molecule has 0 saturated heterocycles. The SMILES string of the molecule is CC12CCC(C1)C(C)(C)C2NS(=O)(=O)CBr. The lowest BCUT2D eigenvalue weighted by Gasteiger charge is -2.42. The second kappa shape index (κ2) is 3.69. The van der Waals surface area contributed by atoms with Crippen LogP contribution in [0.1, 0.15) is 40.0 Å². The van der Waals surface area contributed by atoms with Gasteiger partial charge in [0.1, 0.15) is 4.66 Å². The molecule has 0 radical (unpaired) electrons. The third-order valence-corrected chi connectivity index (χ3v) is 7.40. The van der Waals surface area contributed by atoms with Crippen molar-refractivity contribution < 1.29 is 8.42 Å². The van der Waals surface area contributed by atoms with Crippen LogP contribution in [-0.4, -0.2) is 19.1 Å². The van der Waals surface area contributed by atoms with Gasteiger partial charge in [0, 0.05) is 6.04 Å². The summed E-state index contributed by atoms with van der Waals surface area (Å²) in [5.41, 5.74) is 0.242. The Bertz CT molecular complexity index is 388. The predicted molar refractivity (Wildman–Crippen MR) is 68.9 cm³/mol. The number of hydrogen-bond donors (Lipinski definition) is 1. The van der Waals surface area contributed by atoms with Gasteiger partial charge in [-0.05, 0) is 36.0 Å². The van der Waals surface area contributed by atoms with E-state index in [9.17, 15) is 8.42 Å². The summed E-state index contributed by atoms with van der Waals surface area (Å²) < 4.78 is 26.3. The number of fused-ring (bicyclic) bond motifs is 2. The molecule has 1 N–H and O–H groups in total. The van der Waals surface area contributed by atoms with Crippen LogP contribution in [0.4, 0.5) is 0 Å². The molecule has 3 nitrogen and oxygen atoms in total. The first-order valence-electron chi connectivity index (χ1n) is 5.77. The minimum atomic E-state index is -3.17. The van der Waals surface area contributed by atoms with Crippen LogP contribution in [0.3, 0.4) is 0 Å². The molecule has 0 heterocycles. The number of hydrogen-bond acceptors (Lipinski definition) is 2. The van der Waals surface area contributed by atoms with Crippen LogP contribution in [0, 0.1) is 16.7 Å². The van der Waals surface area contributed by atoms with Gasteiger partial charge in [-0.25, -0.2) is 13.1 Å². The second-order valence-electron chi connectivity index (χ2n) is 6.19. The molecule has 0 spiro atoms. The van der Waals surface area contributed by atoms with E-state index >= 15 is 0 Å². The maximum absolute atomic E-state index is 11.7. The molecule has 0 aromatic heterocycles.